The first-order valence-electron chi connectivity index (χ1n) is 5.24. The molecule has 0 aliphatic heterocycles. The van der Waals surface area contributed by atoms with E-state index in [-0.39, 0.29) is 0 Å². The smallest absolute Gasteiger partial charge is 0.129 e. The van der Waals surface area contributed by atoms with Crippen LogP contribution < -0.4 is 5.32 Å². The first kappa shape index (κ1) is 8.69. The summed E-state index contributed by atoms with van der Waals surface area (Å²) in [5.41, 5.74) is 2.55. The Hall–Kier alpha value is -0.600. The molecule has 3 heteroatoms. The van der Waals surface area contributed by atoms with E-state index in [0.29, 0.717) is 11.2 Å². The molecule has 1 aromatic heterocycles. The van der Waals surface area contributed by atoms with Gasteiger partial charge in [0, 0.05) is 17.8 Å². The van der Waals surface area contributed by atoms with Crippen LogP contribution in [0.5, 0.6) is 0 Å². The summed E-state index contributed by atoms with van der Waals surface area (Å²) < 4.78 is 0. The second-order valence-corrected chi connectivity index (χ2v) is 4.59. The number of rotatable bonds is 2. The fourth-order valence-electron chi connectivity index (χ4n) is 2.15. The topological polar surface area (TPSA) is 24.9 Å². The first-order valence-corrected chi connectivity index (χ1v) is 5.62. The highest BCUT2D eigenvalue weighted by molar-refractivity contribution is 6.29. The van der Waals surface area contributed by atoms with Crippen molar-refractivity contribution in [2.24, 2.45) is 0 Å². The van der Waals surface area contributed by atoms with Gasteiger partial charge in [0.15, 0.2) is 0 Å². The summed E-state index contributed by atoms with van der Waals surface area (Å²) >= 11 is 5.86. The van der Waals surface area contributed by atoms with E-state index >= 15 is 0 Å². The Kier molecular flexibility index (Phi) is 1.99. The Morgan fingerprint density at radius 2 is 2.14 bits per heavy atom. The van der Waals surface area contributed by atoms with Crippen molar-refractivity contribution < 1.29 is 0 Å². The van der Waals surface area contributed by atoms with Gasteiger partial charge in [-0.3, -0.25) is 0 Å². The van der Waals surface area contributed by atoms with Gasteiger partial charge in [0.25, 0.3) is 0 Å². The average molecular weight is 209 g/mol. The summed E-state index contributed by atoms with van der Waals surface area (Å²) in [5, 5.41) is 4.27. The van der Waals surface area contributed by atoms with Crippen LogP contribution in [0.1, 0.15) is 36.6 Å². The van der Waals surface area contributed by atoms with Crippen LogP contribution in [0, 0.1) is 0 Å². The summed E-state index contributed by atoms with van der Waals surface area (Å²) in [5.74, 6) is 0. The largest absolute Gasteiger partial charge is 0.307 e. The lowest BCUT2D eigenvalue weighted by molar-refractivity contribution is 0.527. The standard InChI is InChI=1S/C11H13ClN2/c12-11-6-3-8-9(13-7-1-2-7)4-5-10(8)14-11/h3,6-7,9,13H,1-2,4-5H2. The molecule has 0 amide bonds. The number of hydrogen-bond acceptors (Lipinski definition) is 2. The lowest BCUT2D eigenvalue weighted by Gasteiger charge is -2.12. The molecule has 2 aliphatic carbocycles. The minimum atomic E-state index is 0.530. The van der Waals surface area contributed by atoms with Crippen LogP contribution in [-0.4, -0.2) is 11.0 Å². The molecular formula is C11H13ClN2. The maximum atomic E-state index is 5.86. The molecule has 3 rings (SSSR count). The van der Waals surface area contributed by atoms with Gasteiger partial charge >= 0.3 is 0 Å². The van der Waals surface area contributed by atoms with Crippen molar-refractivity contribution >= 4 is 11.6 Å². The van der Waals surface area contributed by atoms with Gasteiger partial charge < -0.3 is 5.32 Å². The van der Waals surface area contributed by atoms with Gasteiger partial charge in [-0.15, -0.1) is 0 Å². The third-order valence-corrected chi connectivity index (χ3v) is 3.25. The zero-order chi connectivity index (χ0) is 9.54. The highest BCUT2D eigenvalue weighted by Gasteiger charge is 2.29. The van der Waals surface area contributed by atoms with E-state index < -0.39 is 0 Å². The molecule has 1 aromatic rings. The monoisotopic (exact) mass is 208 g/mol. The third-order valence-electron chi connectivity index (χ3n) is 3.03. The summed E-state index contributed by atoms with van der Waals surface area (Å²) in [6, 6.07) is 5.31. The quantitative estimate of drug-likeness (QED) is 0.756. The van der Waals surface area contributed by atoms with E-state index in [4.69, 9.17) is 11.6 Å². The third kappa shape index (κ3) is 1.53. The van der Waals surface area contributed by atoms with E-state index in [1.54, 1.807) is 0 Å². The van der Waals surface area contributed by atoms with Crippen molar-refractivity contribution in [3.63, 3.8) is 0 Å². The van der Waals surface area contributed by atoms with Gasteiger partial charge in [0.2, 0.25) is 0 Å². The van der Waals surface area contributed by atoms with E-state index in [1.807, 2.05) is 6.07 Å². The van der Waals surface area contributed by atoms with Crippen molar-refractivity contribution in [1.29, 1.82) is 0 Å². The zero-order valence-corrected chi connectivity index (χ0v) is 8.72. The molecule has 1 saturated carbocycles. The predicted octanol–water partition coefficient (Wildman–Crippen LogP) is 2.47. The van der Waals surface area contributed by atoms with Gasteiger partial charge in [0.05, 0.1) is 0 Å². The summed E-state index contributed by atoms with van der Waals surface area (Å²) in [6.07, 6.45) is 4.93. The summed E-state index contributed by atoms with van der Waals surface area (Å²) in [6.45, 7) is 0. The summed E-state index contributed by atoms with van der Waals surface area (Å²) in [4.78, 5) is 4.36. The van der Waals surface area contributed by atoms with Crippen molar-refractivity contribution in [3.05, 3.63) is 28.5 Å². The molecule has 1 N–H and O–H groups in total. The van der Waals surface area contributed by atoms with Crippen molar-refractivity contribution in [1.82, 2.24) is 10.3 Å². The van der Waals surface area contributed by atoms with Gasteiger partial charge in [-0.05, 0) is 37.3 Å². The maximum absolute atomic E-state index is 5.86. The number of nitrogens with zero attached hydrogens (tertiary/aromatic N) is 1. The number of nitrogens with one attached hydrogen (secondary N) is 1. The fourth-order valence-corrected chi connectivity index (χ4v) is 2.31. The average Bonchev–Trinajstić information content (AvgIpc) is 2.89. The van der Waals surface area contributed by atoms with Crippen LogP contribution in [0.25, 0.3) is 0 Å². The number of halogens is 1. The normalized spacial score (nSPS) is 25.1. The predicted molar refractivity (Wildman–Crippen MR) is 56.5 cm³/mol. The molecule has 1 atom stereocenters. The molecule has 0 aromatic carbocycles. The molecule has 0 spiro atoms. The molecule has 0 saturated heterocycles. The van der Waals surface area contributed by atoms with Crippen LogP contribution in [0.3, 0.4) is 0 Å². The number of hydrogen-bond donors (Lipinski definition) is 1. The minimum Gasteiger partial charge on any atom is -0.307 e. The lowest BCUT2D eigenvalue weighted by Crippen LogP contribution is -2.21. The lowest BCUT2D eigenvalue weighted by atomic mass is 10.1. The molecule has 14 heavy (non-hydrogen) atoms. The van der Waals surface area contributed by atoms with Crippen molar-refractivity contribution in [2.45, 2.75) is 37.8 Å². The second kappa shape index (κ2) is 3.21. The maximum Gasteiger partial charge on any atom is 0.129 e. The number of fused-ring (bicyclic) bond motifs is 1. The molecule has 1 fully saturated rings. The Bertz CT molecular complexity index is 360. The fraction of sp³-hybridized carbons (Fsp3) is 0.545. The SMILES string of the molecule is Clc1ccc2c(n1)CCC2NC1CC1. The zero-order valence-electron chi connectivity index (χ0n) is 7.96. The van der Waals surface area contributed by atoms with Gasteiger partial charge in [0.1, 0.15) is 5.15 Å². The van der Waals surface area contributed by atoms with Crippen LogP contribution >= 0.6 is 11.6 Å². The molecule has 2 nitrogen and oxygen atoms in total. The molecular weight excluding hydrogens is 196 g/mol. The molecule has 1 unspecified atom stereocenters. The van der Waals surface area contributed by atoms with Crippen LogP contribution in [0.15, 0.2) is 12.1 Å². The molecule has 0 radical (unpaired) electrons. The minimum absolute atomic E-state index is 0.530. The Morgan fingerprint density at radius 1 is 1.29 bits per heavy atom. The Balaban J connectivity index is 1.85. The van der Waals surface area contributed by atoms with Crippen LogP contribution in [-0.2, 0) is 6.42 Å². The highest BCUT2D eigenvalue weighted by atomic mass is 35.5. The van der Waals surface area contributed by atoms with E-state index in [2.05, 4.69) is 16.4 Å². The summed E-state index contributed by atoms with van der Waals surface area (Å²) in [7, 11) is 0. The molecule has 1 heterocycles. The van der Waals surface area contributed by atoms with Crippen LogP contribution in [0.4, 0.5) is 0 Å². The second-order valence-electron chi connectivity index (χ2n) is 4.20. The molecule has 74 valence electrons. The van der Waals surface area contributed by atoms with Gasteiger partial charge in [-0.25, -0.2) is 4.98 Å². The molecule has 2 aliphatic rings. The highest BCUT2D eigenvalue weighted by Crippen LogP contribution is 2.33. The number of aromatic nitrogens is 1. The Morgan fingerprint density at radius 3 is 2.93 bits per heavy atom. The van der Waals surface area contributed by atoms with E-state index in [9.17, 15) is 0 Å². The molecule has 0 bridgehead atoms. The van der Waals surface area contributed by atoms with Gasteiger partial charge in [-0.2, -0.15) is 0 Å². The van der Waals surface area contributed by atoms with E-state index in [0.717, 1.165) is 12.5 Å². The van der Waals surface area contributed by atoms with Gasteiger partial charge in [-0.1, -0.05) is 17.7 Å². The van der Waals surface area contributed by atoms with Crippen molar-refractivity contribution in [2.75, 3.05) is 0 Å². The first-order chi connectivity index (χ1) is 6.83. The number of aryl methyl sites for hydroxylation is 1. The van der Waals surface area contributed by atoms with Crippen molar-refractivity contribution in [3.8, 4) is 0 Å². The van der Waals surface area contributed by atoms with E-state index in [1.165, 1.54) is 30.5 Å². The van der Waals surface area contributed by atoms with Crippen LogP contribution in [0.2, 0.25) is 5.15 Å². The number of pyridine rings is 1. The Labute approximate surface area is 88.7 Å².